The van der Waals surface area contributed by atoms with E-state index in [9.17, 15) is 33.6 Å². The molecule has 1 unspecified atom stereocenters. The van der Waals surface area contributed by atoms with Crippen molar-refractivity contribution in [3.63, 3.8) is 0 Å². The highest BCUT2D eigenvalue weighted by Gasteiger charge is 2.45. The second-order valence-corrected chi connectivity index (χ2v) is 18.1. The van der Waals surface area contributed by atoms with Crippen LogP contribution in [-0.2, 0) is 38.1 Å². The van der Waals surface area contributed by atoms with E-state index in [2.05, 4.69) is 16.0 Å². The maximum Gasteiger partial charge on any atom is 0.264 e. The van der Waals surface area contributed by atoms with E-state index in [1.54, 1.807) is 18.2 Å². The molecule has 0 bridgehead atoms. The Morgan fingerprint density at radius 3 is 2.12 bits per heavy atom. The minimum absolute atomic E-state index is 0.0113. The standard InChI is InChI=1S/C52H62N8O12/c53-48(64)46-47(35-13-15-38(16-14-35)72-37-8-2-1-3-9-37)57-60-41(19-22-55-49(46)60)34-20-24-58(25-21-34)44(63)12-5-4-7-36(61)33-71-32-31-70-30-29-69-28-27-68-26-23-54-40-11-6-10-39-45(40)52(67)59(51(39)66)42-17-18-43(62)56-50(42)65/h1-3,6,8-11,13-16,34,41-42,54-55H,4-5,7,12,17-33H2,(H2,53,64)(H,56,62,65)/t41-,42?/m0/s1. The van der Waals surface area contributed by atoms with E-state index in [1.807, 2.05) is 64.2 Å². The summed E-state index contributed by atoms with van der Waals surface area (Å²) >= 11 is 0. The van der Waals surface area contributed by atoms with Crippen LogP contribution in [0.5, 0.6) is 11.5 Å². The number of ketones is 1. The molecule has 4 aromatic rings. The van der Waals surface area contributed by atoms with Gasteiger partial charge in [0.1, 0.15) is 41.2 Å². The van der Waals surface area contributed by atoms with E-state index in [0.717, 1.165) is 35.5 Å². The zero-order valence-electron chi connectivity index (χ0n) is 40.3. The Balaban J connectivity index is 0.635. The van der Waals surface area contributed by atoms with Crippen molar-refractivity contribution in [1.29, 1.82) is 0 Å². The molecule has 20 nitrogen and oxygen atoms in total. The number of ether oxygens (including phenoxy) is 5. The highest BCUT2D eigenvalue weighted by Crippen LogP contribution is 2.40. The van der Waals surface area contributed by atoms with Gasteiger partial charge in [-0.2, -0.15) is 5.10 Å². The molecule has 0 spiro atoms. The van der Waals surface area contributed by atoms with Crippen LogP contribution >= 0.6 is 0 Å². The van der Waals surface area contributed by atoms with Crippen molar-refractivity contribution in [3.8, 4) is 22.8 Å². The lowest BCUT2D eigenvalue weighted by Crippen LogP contribution is -2.54. The number of benzene rings is 3. The van der Waals surface area contributed by atoms with Crippen molar-refractivity contribution in [2.24, 2.45) is 11.7 Å². The molecule has 8 rings (SSSR count). The fourth-order valence-corrected chi connectivity index (χ4v) is 9.61. The smallest absolute Gasteiger partial charge is 0.264 e. The van der Waals surface area contributed by atoms with Gasteiger partial charge in [0.15, 0.2) is 5.78 Å². The van der Waals surface area contributed by atoms with Crippen LogP contribution in [-0.4, -0.2) is 146 Å². The SMILES string of the molecule is NC(=O)c1c(-c2ccc(Oc3ccccc3)cc2)nn2c1NCC[C@H]2C1CCN(C(=O)CCCCC(=O)COCCOCCOCCOCCNc2cccc3c2C(=O)N(C2CCC(=O)NC2=O)C3=O)CC1. The number of hydrogen-bond donors (Lipinski definition) is 4. The van der Waals surface area contributed by atoms with Crippen LogP contribution in [0.15, 0.2) is 72.8 Å². The van der Waals surface area contributed by atoms with Crippen molar-refractivity contribution in [3.05, 3.63) is 89.5 Å². The second-order valence-electron chi connectivity index (χ2n) is 18.1. The Bertz CT molecular complexity index is 2580. The summed E-state index contributed by atoms with van der Waals surface area (Å²) in [5.41, 5.74) is 8.44. The van der Waals surface area contributed by atoms with Crippen LogP contribution in [0, 0.1) is 5.92 Å². The molecule has 5 heterocycles. The minimum Gasteiger partial charge on any atom is -0.457 e. The predicted octanol–water partition coefficient (Wildman–Crippen LogP) is 4.75. The van der Waals surface area contributed by atoms with Gasteiger partial charge in [-0.1, -0.05) is 24.3 Å². The molecule has 4 aliphatic heterocycles. The van der Waals surface area contributed by atoms with Crippen molar-refractivity contribution in [1.82, 2.24) is 24.9 Å². The molecule has 2 saturated heterocycles. The summed E-state index contributed by atoms with van der Waals surface area (Å²) < 4.78 is 30.1. The number of anilines is 2. The van der Waals surface area contributed by atoms with Crippen molar-refractivity contribution in [2.45, 2.75) is 69.9 Å². The Labute approximate surface area is 417 Å². The topological polar surface area (TPSA) is 252 Å². The number of rotatable bonds is 26. The van der Waals surface area contributed by atoms with Crippen molar-refractivity contribution >= 4 is 52.7 Å². The Morgan fingerprint density at radius 2 is 1.42 bits per heavy atom. The summed E-state index contributed by atoms with van der Waals surface area (Å²) in [6.07, 6.45) is 4.56. The number of piperidine rings is 2. The first-order chi connectivity index (χ1) is 35.1. The molecule has 4 aliphatic rings. The lowest BCUT2D eigenvalue weighted by atomic mass is 9.86. The van der Waals surface area contributed by atoms with E-state index in [0.29, 0.717) is 120 Å². The number of hydrogen-bond acceptors (Lipinski definition) is 15. The Kier molecular flexibility index (Phi) is 17.8. The summed E-state index contributed by atoms with van der Waals surface area (Å²) in [7, 11) is 0. The maximum absolute atomic E-state index is 13.2. The highest BCUT2D eigenvalue weighted by atomic mass is 16.6. The number of likely N-dealkylation sites (tertiary alicyclic amines) is 1. The molecule has 0 radical (unpaired) electrons. The molecule has 0 aliphatic carbocycles. The third-order valence-electron chi connectivity index (χ3n) is 13.3. The lowest BCUT2D eigenvalue weighted by molar-refractivity contribution is -0.136. The van der Waals surface area contributed by atoms with E-state index in [1.165, 1.54) is 0 Å². The fraction of sp³-hybridized carbons (Fsp3) is 0.462. The van der Waals surface area contributed by atoms with Crippen LogP contribution in [0.2, 0.25) is 0 Å². The number of imide groups is 2. The molecule has 0 saturated carbocycles. The molecule has 2 atom stereocenters. The summed E-state index contributed by atoms with van der Waals surface area (Å²) in [5, 5.41) is 13.7. The van der Waals surface area contributed by atoms with Crippen molar-refractivity contribution < 1.29 is 57.2 Å². The van der Waals surface area contributed by atoms with Crippen molar-refractivity contribution in [2.75, 3.05) is 89.7 Å². The van der Waals surface area contributed by atoms with E-state index in [-0.39, 0.29) is 60.8 Å². The van der Waals surface area contributed by atoms with E-state index >= 15 is 0 Å². The quantitative estimate of drug-likeness (QED) is 0.0490. The first-order valence-electron chi connectivity index (χ1n) is 24.8. The van der Waals surface area contributed by atoms with Gasteiger partial charge in [-0.3, -0.25) is 43.8 Å². The van der Waals surface area contributed by atoms with Gasteiger partial charge in [0.05, 0.1) is 63.4 Å². The number of unbranched alkanes of at least 4 members (excludes halogenated alkanes) is 1. The van der Waals surface area contributed by atoms with Crippen LogP contribution in [0.1, 0.15) is 94.9 Å². The van der Waals surface area contributed by atoms with Gasteiger partial charge in [-0.15, -0.1) is 0 Å². The first-order valence-corrected chi connectivity index (χ1v) is 24.8. The van der Waals surface area contributed by atoms with Crippen LogP contribution in [0.3, 0.4) is 0 Å². The highest BCUT2D eigenvalue weighted by molar-refractivity contribution is 6.25. The predicted molar refractivity (Wildman–Crippen MR) is 262 cm³/mol. The summed E-state index contributed by atoms with van der Waals surface area (Å²) in [4.78, 5) is 91.4. The molecular formula is C52H62N8O12. The molecule has 20 heteroatoms. The van der Waals surface area contributed by atoms with Gasteiger partial charge in [0, 0.05) is 56.7 Å². The molecule has 1 aromatic heterocycles. The first kappa shape index (κ1) is 51.4. The minimum atomic E-state index is -1.03. The average Bonchev–Trinajstić information content (AvgIpc) is 3.90. The zero-order valence-corrected chi connectivity index (χ0v) is 40.3. The second kappa shape index (κ2) is 24.9. The van der Waals surface area contributed by atoms with Gasteiger partial charge in [-0.05, 0) is 93.0 Å². The lowest BCUT2D eigenvalue weighted by Gasteiger charge is -2.38. The van der Waals surface area contributed by atoms with E-state index < -0.39 is 35.6 Å². The van der Waals surface area contributed by atoms with Gasteiger partial charge in [0.25, 0.3) is 17.7 Å². The number of aromatic nitrogens is 2. The molecule has 6 amide bonds. The van der Waals surface area contributed by atoms with Crippen LogP contribution in [0.25, 0.3) is 11.3 Å². The number of nitrogens with two attached hydrogens (primary N) is 1. The number of para-hydroxylation sites is 1. The Morgan fingerprint density at radius 1 is 0.736 bits per heavy atom. The van der Waals surface area contributed by atoms with Crippen LogP contribution < -0.4 is 26.4 Å². The normalized spacial score (nSPS) is 17.8. The van der Waals surface area contributed by atoms with E-state index in [4.69, 9.17) is 34.5 Å². The Hall–Kier alpha value is -7.00. The molecule has 3 aromatic carbocycles. The zero-order chi connectivity index (χ0) is 50.4. The monoisotopic (exact) mass is 990 g/mol. The van der Waals surface area contributed by atoms with Gasteiger partial charge in [0.2, 0.25) is 17.7 Å². The van der Waals surface area contributed by atoms with Gasteiger partial charge < -0.3 is 45.0 Å². The third-order valence-corrected chi connectivity index (χ3v) is 13.3. The van der Waals surface area contributed by atoms with Gasteiger partial charge in [-0.25, -0.2) is 4.68 Å². The third kappa shape index (κ3) is 12.7. The largest absolute Gasteiger partial charge is 0.457 e. The number of carbonyl (C=O) groups excluding carboxylic acids is 7. The molecule has 382 valence electrons. The van der Waals surface area contributed by atoms with Gasteiger partial charge >= 0.3 is 0 Å². The number of primary amides is 1. The number of amides is 6. The number of fused-ring (bicyclic) bond motifs is 2. The number of Topliss-reactive ketones (excluding diaryl/α,β-unsaturated/α-hetero) is 1. The number of carbonyl (C=O) groups is 7. The summed E-state index contributed by atoms with van der Waals surface area (Å²) in [5.74, 6) is -0.406. The number of nitrogens with zero attached hydrogens (tertiary/aromatic N) is 4. The molecule has 72 heavy (non-hydrogen) atoms. The fourth-order valence-electron chi connectivity index (χ4n) is 9.61. The van der Waals surface area contributed by atoms with Crippen LogP contribution in [0.4, 0.5) is 11.5 Å². The number of nitrogens with one attached hydrogen (secondary N) is 3. The molecule has 5 N–H and O–H groups in total. The maximum atomic E-state index is 13.2. The summed E-state index contributed by atoms with van der Waals surface area (Å²) in [6, 6.07) is 20.9. The summed E-state index contributed by atoms with van der Waals surface area (Å²) in [6.45, 7) is 4.55. The molecular weight excluding hydrogens is 929 g/mol. The average molecular weight is 991 g/mol. The molecule has 2 fully saturated rings.